The maximum absolute atomic E-state index is 11.4. The highest BCUT2D eigenvalue weighted by Gasteiger charge is 2.28. The summed E-state index contributed by atoms with van der Waals surface area (Å²) in [5.41, 5.74) is 6.01. The molecule has 2 rings (SSSR count). The molecule has 82 valence electrons. The third-order valence-corrected chi connectivity index (χ3v) is 2.44. The predicted octanol–water partition coefficient (Wildman–Crippen LogP) is -0.895. The van der Waals surface area contributed by atoms with Crippen LogP contribution in [0.2, 0.25) is 0 Å². The standard InChI is InChI=1S/C9H14N4O2/c10-6-3-11-13(4-6)5-9(15)12-7-1-8(14)2-7/h3-4,7-8,14H,1-2,5,10H2,(H,12,15). The van der Waals surface area contributed by atoms with Crippen LogP contribution in [0.3, 0.4) is 0 Å². The second-order valence-electron chi connectivity index (χ2n) is 3.86. The lowest BCUT2D eigenvalue weighted by Gasteiger charge is -2.31. The van der Waals surface area contributed by atoms with Gasteiger partial charge in [0.15, 0.2) is 0 Å². The molecular weight excluding hydrogens is 196 g/mol. The molecule has 0 spiro atoms. The first-order valence-electron chi connectivity index (χ1n) is 4.89. The largest absolute Gasteiger partial charge is 0.396 e. The summed E-state index contributed by atoms with van der Waals surface area (Å²) in [4.78, 5) is 11.4. The topological polar surface area (TPSA) is 93.2 Å². The number of aliphatic hydroxyl groups is 1. The number of nitrogens with two attached hydrogens (primary N) is 1. The van der Waals surface area contributed by atoms with Crippen molar-refractivity contribution in [3.8, 4) is 0 Å². The first-order chi connectivity index (χ1) is 7.13. The van der Waals surface area contributed by atoms with E-state index in [-0.39, 0.29) is 24.6 Å². The summed E-state index contributed by atoms with van der Waals surface area (Å²) in [5.74, 6) is -0.102. The Labute approximate surface area is 87.1 Å². The van der Waals surface area contributed by atoms with Crippen LogP contribution in [0, 0.1) is 0 Å². The highest BCUT2D eigenvalue weighted by Crippen LogP contribution is 2.19. The summed E-state index contributed by atoms with van der Waals surface area (Å²) in [6.07, 6.45) is 4.14. The Morgan fingerprint density at radius 2 is 2.47 bits per heavy atom. The summed E-state index contributed by atoms with van der Waals surface area (Å²) >= 11 is 0. The van der Waals surface area contributed by atoms with Crippen LogP contribution in [0.4, 0.5) is 5.69 Å². The van der Waals surface area contributed by atoms with Crippen LogP contribution in [-0.2, 0) is 11.3 Å². The summed E-state index contributed by atoms with van der Waals surface area (Å²) < 4.78 is 1.49. The van der Waals surface area contributed by atoms with Gasteiger partial charge in [-0.15, -0.1) is 0 Å². The number of nitrogens with one attached hydrogen (secondary N) is 1. The Hall–Kier alpha value is -1.56. The number of aromatic nitrogens is 2. The van der Waals surface area contributed by atoms with E-state index in [0.29, 0.717) is 18.5 Å². The lowest BCUT2D eigenvalue weighted by molar-refractivity contribution is -0.123. The number of aliphatic hydroxyl groups excluding tert-OH is 1. The fraction of sp³-hybridized carbons (Fsp3) is 0.556. The van der Waals surface area contributed by atoms with Gasteiger partial charge in [-0.3, -0.25) is 9.48 Å². The lowest BCUT2D eigenvalue weighted by atomic mass is 9.89. The molecule has 1 aromatic heterocycles. The third kappa shape index (κ3) is 2.47. The van der Waals surface area contributed by atoms with Gasteiger partial charge in [-0.2, -0.15) is 5.10 Å². The molecule has 0 radical (unpaired) electrons. The fourth-order valence-electron chi connectivity index (χ4n) is 1.59. The van der Waals surface area contributed by atoms with Crippen LogP contribution in [0.1, 0.15) is 12.8 Å². The van der Waals surface area contributed by atoms with Gasteiger partial charge in [0.25, 0.3) is 0 Å². The van der Waals surface area contributed by atoms with E-state index in [0.717, 1.165) is 0 Å². The van der Waals surface area contributed by atoms with Crippen LogP contribution in [0.25, 0.3) is 0 Å². The van der Waals surface area contributed by atoms with Gasteiger partial charge in [-0.05, 0) is 12.8 Å². The molecule has 0 atom stereocenters. The molecule has 0 aromatic carbocycles. The van der Waals surface area contributed by atoms with Crippen molar-refractivity contribution in [2.24, 2.45) is 0 Å². The molecule has 1 heterocycles. The predicted molar refractivity (Wildman–Crippen MR) is 53.8 cm³/mol. The molecule has 0 bridgehead atoms. The van der Waals surface area contributed by atoms with Crippen molar-refractivity contribution in [1.29, 1.82) is 0 Å². The Morgan fingerprint density at radius 3 is 3.00 bits per heavy atom. The molecule has 0 saturated heterocycles. The van der Waals surface area contributed by atoms with Gasteiger partial charge in [0.05, 0.1) is 18.0 Å². The molecule has 6 heteroatoms. The molecule has 0 aliphatic heterocycles. The SMILES string of the molecule is Nc1cnn(CC(=O)NC2CC(O)C2)c1. The van der Waals surface area contributed by atoms with Gasteiger partial charge in [0.2, 0.25) is 5.91 Å². The Kier molecular flexibility index (Phi) is 2.59. The van der Waals surface area contributed by atoms with Crippen molar-refractivity contribution in [1.82, 2.24) is 15.1 Å². The number of amides is 1. The number of anilines is 1. The molecule has 1 aliphatic carbocycles. The van der Waals surface area contributed by atoms with E-state index in [9.17, 15) is 4.79 Å². The third-order valence-electron chi connectivity index (χ3n) is 2.44. The summed E-state index contributed by atoms with van der Waals surface area (Å²) in [6.45, 7) is 0.170. The minimum Gasteiger partial charge on any atom is -0.396 e. The first-order valence-corrected chi connectivity index (χ1v) is 4.89. The quantitative estimate of drug-likeness (QED) is 0.603. The Balaban J connectivity index is 1.77. The maximum atomic E-state index is 11.4. The van der Waals surface area contributed by atoms with E-state index in [1.807, 2.05) is 0 Å². The number of nitrogens with zero attached hydrogens (tertiary/aromatic N) is 2. The summed E-state index contributed by atoms with van der Waals surface area (Å²) in [5, 5.41) is 15.7. The smallest absolute Gasteiger partial charge is 0.241 e. The van der Waals surface area contributed by atoms with Crippen LogP contribution in [0.5, 0.6) is 0 Å². The van der Waals surface area contributed by atoms with E-state index in [2.05, 4.69) is 10.4 Å². The number of carbonyl (C=O) groups excluding carboxylic acids is 1. The molecule has 15 heavy (non-hydrogen) atoms. The van der Waals surface area contributed by atoms with Crippen molar-refractivity contribution in [3.05, 3.63) is 12.4 Å². The van der Waals surface area contributed by atoms with Crippen LogP contribution in [0.15, 0.2) is 12.4 Å². The van der Waals surface area contributed by atoms with Crippen molar-refractivity contribution >= 4 is 11.6 Å². The number of nitrogen functional groups attached to an aromatic ring is 1. The van der Waals surface area contributed by atoms with Gasteiger partial charge in [0.1, 0.15) is 6.54 Å². The second kappa shape index (κ2) is 3.90. The lowest BCUT2D eigenvalue weighted by Crippen LogP contribution is -2.47. The molecule has 0 unspecified atom stereocenters. The van der Waals surface area contributed by atoms with Gasteiger partial charge >= 0.3 is 0 Å². The van der Waals surface area contributed by atoms with Gasteiger partial charge in [0, 0.05) is 12.2 Å². The first kappa shape index (κ1) is 9.97. The monoisotopic (exact) mass is 210 g/mol. The number of hydrogen-bond donors (Lipinski definition) is 3. The molecule has 1 aromatic rings. The maximum Gasteiger partial charge on any atom is 0.241 e. The normalized spacial score (nSPS) is 24.6. The average Bonchev–Trinajstić information content (AvgIpc) is 2.48. The van der Waals surface area contributed by atoms with E-state index in [1.165, 1.54) is 10.9 Å². The average molecular weight is 210 g/mol. The van der Waals surface area contributed by atoms with Crippen molar-refractivity contribution in [3.63, 3.8) is 0 Å². The molecule has 6 nitrogen and oxygen atoms in total. The van der Waals surface area contributed by atoms with Gasteiger partial charge in [-0.1, -0.05) is 0 Å². The van der Waals surface area contributed by atoms with Crippen LogP contribution in [-0.4, -0.2) is 32.9 Å². The number of hydrogen-bond acceptors (Lipinski definition) is 4. The van der Waals surface area contributed by atoms with Crippen LogP contribution >= 0.6 is 0 Å². The van der Waals surface area contributed by atoms with E-state index < -0.39 is 0 Å². The molecule has 1 amide bonds. The molecule has 1 aliphatic rings. The van der Waals surface area contributed by atoms with Gasteiger partial charge < -0.3 is 16.2 Å². The minimum atomic E-state index is -0.254. The molecule has 1 saturated carbocycles. The van der Waals surface area contributed by atoms with E-state index in [4.69, 9.17) is 10.8 Å². The molecule has 1 fully saturated rings. The minimum absolute atomic E-state index is 0.102. The zero-order valence-corrected chi connectivity index (χ0v) is 8.26. The highest BCUT2D eigenvalue weighted by molar-refractivity contribution is 5.76. The van der Waals surface area contributed by atoms with Crippen molar-refractivity contribution in [2.75, 3.05) is 5.73 Å². The zero-order chi connectivity index (χ0) is 10.8. The van der Waals surface area contributed by atoms with Crippen molar-refractivity contribution in [2.45, 2.75) is 31.5 Å². The van der Waals surface area contributed by atoms with Crippen molar-refractivity contribution < 1.29 is 9.90 Å². The second-order valence-corrected chi connectivity index (χ2v) is 3.86. The Bertz CT molecular complexity index is 357. The fourth-order valence-corrected chi connectivity index (χ4v) is 1.59. The van der Waals surface area contributed by atoms with Gasteiger partial charge in [-0.25, -0.2) is 0 Å². The molecular formula is C9H14N4O2. The summed E-state index contributed by atoms with van der Waals surface area (Å²) in [6, 6.07) is 0.111. The van der Waals surface area contributed by atoms with E-state index in [1.54, 1.807) is 6.20 Å². The number of carbonyl (C=O) groups is 1. The number of rotatable bonds is 3. The van der Waals surface area contributed by atoms with Crippen LogP contribution < -0.4 is 11.1 Å². The summed E-state index contributed by atoms with van der Waals surface area (Å²) in [7, 11) is 0. The highest BCUT2D eigenvalue weighted by atomic mass is 16.3. The zero-order valence-electron chi connectivity index (χ0n) is 8.26. The Morgan fingerprint density at radius 1 is 1.73 bits per heavy atom. The molecule has 4 N–H and O–H groups in total. The van der Waals surface area contributed by atoms with E-state index >= 15 is 0 Å².